The molecule has 18 heavy (non-hydrogen) atoms. The minimum absolute atomic E-state index is 0.00750. The number of carbonyl (C=O) groups excluding carboxylic acids is 1. The zero-order valence-electron chi connectivity index (χ0n) is 11.1. The molecule has 1 aliphatic heterocycles. The molecule has 1 unspecified atom stereocenters. The number of carbonyl (C=O) groups is 1. The summed E-state index contributed by atoms with van der Waals surface area (Å²) in [5.41, 5.74) is 0.612. The Bertz CT molecular complexity index is 460. The van der Waals surface area contributed by atoms with E-state index in [1.807, 2.05) is 20.8 Å². The summed E-state index contributed by atoms with van der Waals surface area (Å²) in [6, 6.07) is 4.58. The zero-order chi connectivity index (χ0) is 13.3. The molecule has 1 heterocycles. The van der Waals surface area contributed by atoms with Crippen LogP contribution in [0.5, 0.6) is 5.75 Å². The van der Waals surface area contributed by atoms with Gasteiger partial charge in [-0.3, -0.25) is 4.79 Å². The van der Waals surface area contributed by atoms with E-state index in [1.54, 1.807) is 6.07 Å². The molecule has 0 amide bonds. The van der Waals surface area contributed by atoms with Gasteiger partial charge in [0.1, 0.15) is 23.5 Å². The Morgan fingerprint density at radius 3 is 2.83 bits per heavy atom. The predicted molar refractivity (Wildman–Crippen MR) is 68.2 cm³/mol. The maximum absolute atomic E-state index is 13.0. The highest BCUT2D eigenvalue weighted by molar-refractivity contribution is 5.83. The molecule has 0 fully saturated rings. The summed E-state index contributed by atoms with van der Waals surface area (Å²) in [4.78, 5) is 11.8. The van der Waals surface area contributed by atoms with Crippen LogP contribution < -0.4 is 4.74 Å². The van der Waals surface area contributed by atoms with E-state index in [1.165, 1.54) is 12.1 Å². The van der Waals surface area contributed by atoms with Crippen molar-refractivity contribution in [1.29, 1.82) is 0 Å². The van der Waals surface area contributed by atoms with Gasteiger partial charge in [-0.05, 0) is 24.6 Å². The Morgan fingerprint density at radius 2 is 2.17 bits per heavy atom. The number of benzene rings is 1. The molecule has 0 spiro atoms. The molecular formula is C15H19FO2. The highest BCUT2D eigenvalue weighted by atomic mass is 19.1. The van der Waals surface area contributed by atoms with Gasteiger partial charge in [0.25, 0.3) is 0 Å². The van der Waals surface area contributed by atoms with Crippen molar-refractivity contribution in [1.82, 2.24) is 0 Å². The number of Topliss-reactive ketones (excluding diaryl/α,β-unsaturated/α-hetero) is 1. The van der Waals surface area contributed by atoms with Crippen molar-refractivity contribution in [3.05, 3.63) is 29.6 Å². The second kappa shape index (κ2) is 4.71. The van der Waals surface area contributed by atoms with E-state index in [0.29, 0.717) is 19.3 Å². The fraction of sp³-hybridized carbons (Fsp3) is 0.533. The molecule has 2 rings (SSSR count). The van der Waals surface area contributed by atoms with Crippen molar-refractivity contribution in [2.24, 2.45) is 5.41 Å². The van der Waals surface area contributed by atoms with Gasteiger partial charge in [0.05, 0.1) is 0 Å². The number of fused-ring (bicyclic) bond motifs is 1. The number of halogens is 1. The standard InChI is InChI=1S/C15H19FO2/c1-15(2,3)14(17)7-5-12-9-10-8-11(16)4-6-13(10)18-12/h4,6,8,12H,5,7,9H2,1-3H3. The molecule has 0 saturated carbocycles. The molecule has 1 atom stereocenters. The minimum Gasteiger partial charge on any atom is -0.490 e. The summed E-state index contributed by atoms with van der Waals surface area (Å²) >= 11 is 0. The molecule has 1 aromatic carbocycles. The Balaban J connectivity index is 1.91. The summed E-state index contributed by atoms with van der Waals surface area (Å²) < 4.78 is 18.8. The number of hydrogen-bond acceptors (Lipinski definition) is 2. The maximum Gasteiger partial charge on any atom is 0.138 e. The lowest BCUT2D eigenvalue weighted by molar-refractivity contribution is -0.126. The largest absolute Gasteiger partial charge is 0.490 e. The number of ketones is 1. The smallest absolute Gasteiger partial charge is 0.138 e. The lowest BCUT2D eigenvalue weighted by Gasteiger charge is -2.17. The average molecular weight is 250 g/mol. The molecule has 0 bridgehead atoms. The minimum atomic E-state index is -0.294. The lowest BCUT2D eigenvalue weighted by Crippen LogP contribution is -2.23. The Kier molecular flexibility index (Phi) is 3.42. The first-order valence-corrected chi connectivity index (χ1v) is 6.34. The first-order valence-electron chi connectivity index (χ1n) is 6.34. The van der Waals surface area contributed by atoms with Gasteiger partial charge in [-0.2, -0.15) is 0 Å². The van der Waals surface area contributed by atoms with E-state index < -0.39 is 0 Å². The van der Waals surface area contributed by atoms with Crippen molar-refractivity contribution >= 4 is 5.78 Å². The van der Waals surface area contributed by atoms with E-state index >= 15 is 0 Å². The van der Waals surface area contributed by atoms with Crippen molar-refractivity contribution in [2.45, 2.75) is 46.1 Å². The second-order valence-corrected chi connectivity index (χ2v) is 5.91. The van der Waals surface area contributed by atoms with Gasteiger partial charge in [-0.15, -0.1) is 0 Å². The summed E-state index contributed by atoms with van der Waals surface area (Å²) in [7, 11) is 0. The third-order valence-corrected chi connectivity index (χ3v) is 3.29. The van der Waals surface area contributed by atoms with Gasteiger partial charge < -0.3 is 4.74 Å². The van der Waals surface area contributed by atoms with Crippen LogP contribution in [0.25, 0.3) is 0 Å². The van der Waals surface area contributed by atoms with Gasteiger partial charge in [0.15, 0.2) is 0 Å². The Morgan fingerprint density at radius 1 is 1.44 bits per heavy atom. The normalized spacial score (nSPS) is 18.3. The summed E-state index contributed by atoms with van der Waals surface area (Å²) in [6.45, 7) is 5.78. The van der Waals surface area contributed by atoms with Crippen molar-refractivity contribution in [2.75, 3.05) is 0 Å². The lowest BCUT2D eigenvalue weighted by atomic mass is 9.87. The van der Waals surface area contributed by atoms with Gasteiger partial charge in [0.2, 0.25) is 0 Å². The quantitative estimate of drug-likeness (QED) is 0.820. The molecule has 2 nitrogen and oxygen atoms in total. The molecule has 0 aromatic heterocycles. The molecule has 3 heteroatoms. The first kappa shape index (κ1) is 13.1. The fourth-order valence-corrected chi connectivity index (χ4v) is 2.12. The van der Waals surface area contributed by atoms with Gasteiger partial charge in [-0.1, -0.05) is 20.8 Å². The van der Waals surface area contributed by atoms with Gasteiger partial charge in [-0.25, -0.2) is 4.39 Å². The highest BCUT2D eigenvalue weighted by Gasteiger charge is 2.26. The van der Waals surface area contributed by atoms with E-state index in [2.05, 4.69) is 0 Å². The van der Waals surface area contributed by atoms with E-state index in [4.69, 9.17) is 4.74 Å². The van der Waals surface area contributed by atoms with Gasteiger partial charge in [0, 0.05) is 23.8 Å². The van der Waals surface area contributed by atoms with Crippen molar-refractivity contribution in [3.8, 4) is 5.75 Å². The van der Waals surface area contributed by atoms with E-state index in [0.717, 1.165) is 11.3 Å². The molecule has 0 radical (unpaired) electrons. The van der Waals surface area contributed by atoms with Crippen molar-refractivity contribution in [3.63, 3.8) is 0 Å². The van der Waals surface area contributed by atoms with E-state index in [-0.39, 0.29) is 23.1 Å². The summed E-state index contributed by atoms with van der Waals surface area (Å²) in [5, 5.41) is 0. The van der Waals surface area contributed by atoms with Crippen molar-refractivity contribution < 1.29 is 13.9 Å². The number of rotatable bonds is 3. The van der Waals surface area contributed by atoms with Crippen LogP contribution in [0.1, 0.15) is 39.2 Å². The third kappa shape index (κ3) is 2.89. The van der Waals surface area contributed by atoms with Gasteiger partial charge >= 0.3 is 0 Å². The van der Waals surface area contributed by atoms with Crippen LogP contribution in [0.3, 0.4) is 0 Å². The highest BCUT2D eigenvalue weighted by Crippen LogP contribution is 2.31. The number of ether oxygens (including phenoxy) is 1. The maximum atomic E-state index is 13.0. The molecule has 0 N–H and O–H groups in total. The molecular weight excluding hydrogens is 231 g/mol. The fourth-order valence-electron chi connectivity index (χ4n) is 2.12. The third-order valence-electron chi connectivity index (χ3n) is 3.29. The van der Waals surface area contributed by atoms with Crippen LogP contribution in [0.15, 0.2) is 18.2 Å². The zero-order valence-corrected chi connectivity index (χ0v) is 11.1. The van der Waals surface area contributed by atoms with Crippen LogP contribution in [0.4, 0.5) is 4.39 Å². The first-order chi connectivity index (χ1) is 8.36. The SMILES string of the molecule is CC(C)(C)C(=O)CCC1Cc2cc(F)ccc2O1. The van der Waals surface area contributed by atoms with Crippen LogP contribution in [0, 0.1) is 11.2 Å². The second-order valence-electron chi connectivity index (χ2n) is 5.91. The molecule has 0 saturated heterocycles. The molecule has 1 aliphatic rings. The van der Waals surface area contributed by atoms with Crippen LogP contribution in [-0.4, -0.2) is 11.9 Å². The average Bonchev–Trinajstić information content (AvgIpc) is 2.66. The van der Waals surface area contributed by atoms with Crippen LogP contribution in [0.2, 0.25) is 0 Å². The van der Waals surface area contributed by atoms with E-state index in [9.17, 15) is 9.18 Å². The molecule has 0 aliphatic carbocycles. The topological polar surface area (TPSA) is 26.3 Å². The van der Waals surface area contributed by atoms with Crippen LogP contribution >= 0.6 is 0 Å². The predicted octanol–water partition coefficient (Wildman–Crippen LogP) is 3.52. The molecule has 98 valence electrons. The number of hydrogen-bond donors (Lipinski definition) is 0. The summed E-state index contributed by atoms with van der Waals surface area (Å²) in [5.74, 6) is 0.765. The Labute approximate surface area is 107 Å². The Hall–Kier alpha value is -1.38. The summed E-state index contributed by atoms with van der Waals surface area (Å²) in [6.07, 6.45) is 1.93. The molecule has 1 aromatic rings. The monoisotopic (exact) mass is 250 g/mol. The van der Waals surface area contributed by atoms with Crippen LogP contribution in [-0.2, 0) is 11.2 Å².